The maximum absolute atomic E-state index is 11.6. The highest BCUT2D eigenvalue weighted by Gasteiger charge is 2.10. The van der Waals surface area contributed by atoms with Gasteiger partial charge in [0.25, 0.3) is 0 Å². The van der Waals surface area contributed by atoms with Crippen molar-refractivity contribution in [2.24, 2.45) is 0 Å². The number of nitrogens with zero attached hydrogens (tertiary/aromatic N) is 2. The molecule has 1 aromatic rings. The van der Waals surface area contributed by atoms with Crippen molar-refractivity contribution in [3.8, 4) is 0 Å². The first kappa shape index (κ1) is 10.9. The molecule has 0 aromatic carbocycles. The molecule has 1 heterocycles. The molecule has 1 aromatic heterocycles. The van der Waals surface area contributed by atoms with Crippen LogP contribution in [0.25, 0.3) is 0 Å². The highest BCUT2D eigenvalue weighted by atomic mass is 16.5. The van der Waals surface area contributed by atoms with E-state index in [1.54, 1.807) is 24.1 Å². The SMILES string of the molecule is CCCn1nccc1C(=O)CCOC. The van der Waals surface area contributed by atoms with Crippen molar-refractivity contribution in [3.63, 3.8) is 0 Å². The van der Waals surface area contributed by atoms with Gasteiger partial charge in [0.05, 0.1) is 6.61 Å². The highest BCUT2D eigenvalue weighted by molar-refractivity contribution is 5.94. The van der Waals surface area contributed by atoms with Gasteiger partial charge in [0.15, 0.2) is 5.78 Å². The number of hydrogen-bond donors (Lipinski definition) is 0. The minimum Gasteiger partial charge on any atom is -0.384 e. The average Bonchev–Trinajstić information content (AvgIpc) is 2.63. The second kappa shape index (κ2) is 5.54. The molecule has 0 aliphatic rings. The minimum atomic E-state index is 0.0952. The number of Topliss-reactive ketones (excluding diaryl/α,β-unsaturated/α-hetero) is 1. The second-order valence-electron chi connectivity index (χ2n) is 3.11. The molecule has 0 spiro atoms. The summed E-state index contributed by atoms with van der Waals surface area (Å²) in [4.78, 5) is 11.6. The van der Waals surface area contributed by atoms with E-state index in [9.17, 15) is 4.79 Å². The molecule has 0 radical (unpaired) electrons. The summed E-state index contributed by atoms with van der Waals surface area (Å²) in [6, 6.07) is 1.76. The highest BCUT2D eigenvalue weighted by Crippen LogP contribution is 2.04. The quantitative estimate of drug-likeness (QED) is 0.648. The normalized spacial score (nSPS) is 10.4. The Bertz CT molecular complexity index is 294. The summed E-state index contributed by atoms with van der Waals surface area (Å²) >= 11 is 0. The van der Waals surface area contributed by atoms with Crippen LogP contribution in [0.4, 0.5) is 0 Å². The Hall–Kier alpha value is -1.16. The molecule has 0 N–H and O–H groups in total. The third-order valence-electron chi connectivity index (χ3n) is 1.97. The first-order valence-electron chi connectivity index (χ1n) is 4.83. The third-order valence-corrected chi connectivity index (χ3v) is 1.97. The van der Waals surface area contributed by atoms with Crippen molar-refractivity contribution in [2.75, 3.05) is 13.7 Å². The Kier molecular flexibility index (Phi) is 4.32. The number of hydrogen-bond acceptors (Lipinski definition) is 3. The van der Waals surface area contributed by atoms with Gasteiger partial charge in [-0.25, -0.2) is 0 Å². The van der Waals surface area contributed by atoms with Gasteiger partial charge in [0.1, 0.15) is 5.69 Å². The van der Waals surface area contributed by atoms with E-state index in [2.05, 4.69) is 12.0 Å². The molecule has 0 aliphatic carbocycles. The Balaban J connectivity index is 2.63. The molecule has 1 rings (SSSR count). The summed E-state index contributed by atoms with van der Waals surface area (Å²) < 4.78 is 6.61. The predicted molar refractivity (Wildman–Crippen MR) is 53.3 cm³/mol. The number of carbonyl (C=O) groups is 1. The molecular formula is C10H16N2O2. The van der Waals surface area contributed by atoms with Gasteiger partial charge in [0.2, 0.25) is 0 Å². The molecule has 4 nitrogen and oxygen atoms in total. The maximum Gasteiger partial charge on any atom is 0.183 e. The molecule has 0 aliphatic heterocycles. The molecule has 0 saturated heterocycles. The number of aryl methyl sites for hydroxylation is 1. The Labute approximate surface area is 83.9 Å². The standard InChI is InChI=1S/C10H16N2O2/c1-3-7-12-9(4-6-11-12)10(13)5-8-14-2/h4,6H,3,5,7-8H2,1-2H3. The van der Waals surface area contributed by atoms with Crippen LogP contribution in [0.3, 0.4) is 0 Å². The lowest BCUT2D eigenvalue weighted by Crippen LogP contribution is -2.12. The van der Waals surface area contributed by atoms with Crippen LogP contribution >= 0.6 is 0 Å². The zero-order chi connectivity index (χ0) is 10.4. The van der Waals surface area contributed by atoms with E-state index in [1.807, 2.05) is 0 Å². The summed E-state index contributed by atoms with van der Waals surface area (Å²) in [5.41, 5.74) is 0.684. The Morgan fingerprint density at radius 2 is 2.43 bits per heavy atom. The molecule has 0 unspecified atom stereocenters. The van der Waals surface area contributed by atoms with Crippen LogP contribution in [0.2, 0.25) is 0 Å². The lowest BCUT2D eigenvalue weighted by Gasteiger charge is -2.04. The first-order valence-corrected chi connectivity index (χ1v) is 4.83. The molecule has 0 amide bonds. The van der Waals surface area contributed by atoms with E-state index >= 15 is 0 Å². The molecule has 0 saturated carbocycles. The van der Waals surface area contributed by atoms with Crippen molar-refractivity contribution >= 4 is 5.78 Å². The summed E-state index contributed by atoms with van der Waals surface area (Å²) in [6.45, 7) is 3.32. The molecule has 0 fully saturated rings. The Morgan fingerprint density at radius 1 is 1.64 bits per heavy atom. The van der Waals surface area contributed by atoms with Crippen LogP contribution in [0, 0.1) is 0 Å². The fourth-order valence-electron chi connectivity index (χ4n) is 1.28. The Morgan fingerprint density at radius 3 is 3.07 bits per heavy atom. The number of ether oxygens (including phenoxy) is 1. The molecule has 0 bridgehead atoms. The zero-order valence-corrected chi connectivity index (χ0v) is 8.69. The van der Waals surface area contributed by atoms with E-state index in [1.165, 1.54) is 0 Å². The van der Waals surface area contributed by atoms with E-state index < -0.39 is 0 Å². The van der Waals surface area contributed by atoms with Crippen molar-refractivity contribution in [1.82, 2.24) is 9.78 Å². The van der Waals surface area contributed by atoms with Crippen molar-refractivity contribution in [2.45, 2.75) is 26.3 Å². The van der Waals surface area contributed by atoms with Gasteiger partial charge < -0.3 is 4.74 Å². The summed E-state index contributed by atoms with van der Waals surface area (Å²) in [5, 5.41) is 4.09. The summed E-state index contributed by atoms with van der Waals surface area (Å²) in [5.74, 6) is 0.0952. The number of methoxy groups -OCH3 is 1. The lowest BCUT2D eigenvalue weighted by atomic mass is 10.2. The van der Waals surface area contributed by atoms with Crippen LogP contribution in [0.15, 0.2) is 12.3 Å². The van der Waals surface area contributed by atoms with Gasteiger partial charge in [-0.2, -0.15) is 5.10 Å². The molecule has 14 heavy (non-hydrogen) atoms. The monoisotopic (exact) mass is 196 g/mol. The third kappa shape index (κ3) is 2.67. The van der Waals surface area contributed by atoms with E-state index in [-0.39, 0.29) is 5.78 Å². The summed E-state index contributed by atoms with van der Waals surface area (Å²) in [6.07, 6.45) is 3.06. The van der Waals surface area contributed by atoms with E-state index in [0.717, 1.165) is 13.0 Å². The fraction of sp³-hybridized carbons (Fsp3) is 0.600. The lowest BCUT2D eigenvalue weighted by molar-refractivity contribution is 0.0921. The van der Waals surface area contributed by atoms with E-state index in [0.29, 0.717) is 18.7 Å². The van der Waals surface area contributed by atoms with Crippen molar-refractivity contribution in [3.05, 3.63) is 18.0 Å². The largest absolute Gasteiger partial charge is 0.384 e. The van der Waals surface area contributed by atoms with Gasteiger partial charge in [-0.05, 0) is 12.5 Å². The smallest absolute Gasteiger partial charge is 0.183 e. The van der Waals surface area contributed by atoms with Crippen LogP contribution in [0.1, 0.15) is 30.3 Å². The number of rotatable bonds is 6. The topological polar surface area (TPSA) is 44.1 Å². The van der Waals surface area contributed by atoms with E-state index in [4.69, 9.17) is 4.74 Å². The fourth-order valence-corrected chi connectivity index (χ4v) is 1.28. The van der Waals surface area contributed by atoms with Crippen LogP contribution < -0.4 is 0 Å². The molecule has 4 heteroatoms. The van der Waals surface area contributed by atoms with Gasteiger partial charge in [-0.1, -0.05) is 6.92 Å². The van der Waals surface area contributed by atoms with Gasteiger partial charge in [0, 0.05) is 26.3 Å². The number of carbonyl (C=O) groups excluding carboxylic acids is 1. The van der Waals surface area contributed by atoms with Crippen LogP contribution in [-0.4, -0.2) is 29.3 Å². The number of aromatic nitrogens is 2. The molecular weight excluding hydrogens is 180 g/mol. The maximum atomic E-state index is 11.6. The van der Waals surface area contributed by atoms with Gasteiger partial charge in [-0.3, -0.25) is 9.48 Å². The van der Waals surface area contributed by atoms with Crippen molar-refractivity contribution < 1.29 is 9.53 Å². The van der Waals surface area contributed by atoms with Gasteiger partial charge in [-0.15, -0.1) is 0 Å². The van der Waals surface area contributed by atoms with Gasteiger partial charge >= 0.3 is 0 Å². The zero-order valence-electron chi connectivity index (χ0n) is 8.69. The average molecular weight is 196 g/mol. The summed E-state index contributed by atoms with van der Waals surface area (Å²) in [7, 11) is 1.59. The number of ketones is 1. The van der Waals surface area contributed by atoms with Crippen LogP contribution in [0.5, 0.6) is 0 Å². The second-order valence-corrected chi connectivity index (χ2v) is 3.11. The molecule has 0 atom stereocenters. The first-order chi connectivity index (χ1) is 6.79. The minimum absolute atomic E-state index is 0.0952. The van der Waals surface area contributed by atoms with Crippen molar-refractivity contribution in [1.29, 1.82) is 0 Å². The van der Waals surface area contributed by atoms with Crippen LogP contribution in [-0.2, 0) is 11.3 Å². The molecule has 78 valence electrons. The predicted octanol–water partition coefficient (Wildman–Crippen LogP) is 1.51.